The summed E-state index contributed by atoms with van der Waals surface area (Å²) in [6.45, 7) is 0. The van der Waals surface area contributed by atoms with Crippen molar-refractivity contribution in [3.05, 3.63) is 364 Å². The highest BCUT2D eigenvalue weighted by Gasteiger charge is 2.20. The quantitative estimate of drug-likeness (QED) is 0.122. The highest BCUT2D eigenvalue weighted by molar-refractivity contribution is 7.26. The van der Waals surface area contributed by atoms with Gasteiger partial charge in [-0.3, -0.25) is 0 Å². The van der Waals surface area contributed by atoms with Crippen molar-refractivity contribution in [3.63, 3.8) is 0 Å². The summed E-state index contributed by atoms with van der Waals surface area (Å²) in [7, 11) is 0. The van der Waals surface area contributed by atoms with Gasteiger partial charge in [0.1, 0.15) is 0 Å². The molecule has 466 valence electrons. The van der Waals surface area contributed by atoms with E-state index in [0.29, 0.717) is 0 Å². The van der Waals surface area contributed by atoms with Gasteiger partial charge in [-0.05, 0) is 215 Å². The molecule has 0 spiro atoms. The third-order valence-electron chi connectivity index (χ3n) is 20.5. The number of fused-ring (bicyclic) bond motifs is 12. The summed E-state index contributed by atoms with van der Waals surface area (Å²) < 4.78 is 10.2. The summed E-state index contributed by atoms with van der Waals surface area (Å²) in [4.78, 5) is 0. The summed E-state index contributed by atoms with van der Waals surface area (Å²) >= 11 is 3.77. The maximum atomic E-state index is 2.46. The molecule has 16 aromatic carbocycles. The number of rotatable bonds is 11. The molecule has 0 unspecified atom stereocenters. The Kier molecular flexibility index (Phi) is 13.7. The fourth-order valence-electron chi connectivity index (χ4n) is 15.7. The summed E-state index contributed by atoms with van der Waals surface area (Å²) in [5.74, 6) is 0. The van der Waals surface area contributed by atoms with Crippen molar-refractivity contribution < 1.29 is 0 Å². The van der Waals surface area contributed by atoms with Crippen molar-refractivity contribution in [1.29, 1.82) is 0 Å². The van der Waals surface area contributed by atoms with Crippen LogP contribution in [0.4, 0.5) is 0 Å². The third-order valence-corrected chi connectivity index (χ3v) is 22.9. The Balaban J connectivity index is 0.632. The number of hydrogen-bond donors (Lipinski definition) is 0. The van der Waals surface area contributed by atoms with Crippen LogP contribution in [-0.4, -0.2) is 9.13 Å². The molecule has 0 saturated carbocycles. The normalized spacial score (nSPS) is 11.8. The topological polar surface area (TPSA) is 9.86 Å². The van der Waals surface area contributed by atoms with Crippen molar-refractivity contribution in [2.24, 2.45) is 0 Å². The third kappa shape index (κ3) is 9.82. The Labute approximate surface area is 587 Å². The molecule has 0 aliphatic rings. The Morgan fingerprint density at radius 1 is 0.160 bits per heavy atom. The first-order valence-corrected chi connectivity index (χ1v) is 35.9. The molecular weight excluding hydrogens is 1250 g/mol. The molecule has 4 heteroatoms. The summed E-state index contributed by atoms with van der Waals surface area (Å²) in [6, 6.07) is 135. The molecule has 0 aliphatic carbocycles. The zero-order chi connectivity index (χ0) is 65.8. The number of nitrogens with zero attached hydrogens (tertiary/aromatic N) is 2. The number of aromatic nitrogens is 2. The van der Waals surface area contributed by atoms with E-state index in [1.807, 2.05) is 22.7 Å². The lowest BCUT2D eigenvalue weighted by Gasteiger charge is -2.15. The fraction of sp³-hybridized carbons (Fsp3) is 0. The summed E-state index contributed by atoms with van der Waals surface area (Å²) in [6.07, 6.45) is 0. The van der Waals surface area contributed by atoms with Gasteiger partial charge in [-0.1, -0.05) is 249 Å². The molecule has 4 aromatic heterocycles. The highest BCUT2D eigenvalue weighted by Crippen LogP contribution is 2.46. The molecule has 20 rings (SSSR count). The minimum absolute atomic E-state index is 1.12. The van der Waals surface area contributed by atoms with E-state index in [1.54, 1.807) is 0 Å². The van der Waals surface area contributed by atoms with Gasteiger partial charge >= 0.3 is 0 Å². The lowest BCUT2D eigenvalue weighted by molar-refractivity contribution is 1.18. The molecule has 0 aliphatic heterocycles. The van der Waals surface area contributed by atoms with Gasteiger partial charge in [0.25, 0.3) is 0 Å². The maximum absolute atomic E-state index is 2.46. The maximum Gasteiger partial charge on any atom is 0.0541 e. The molecule has 0 fully saturated rings. The second-order valence-electron chi connectivity index (χ2n) is 26.3. The van der Waals surface area contributed by atoms with Gasteiger partial charge in [0.2, 0.25) is 0 Å². The first-order valence-electron chi connectivity index (χ1n) is 34.3. The zero-order valence-corrected chi connectivity index (χ0v) is 56.0. The number of hydrogen-bond acceptors (Lipinski definition) is 2. The van der Waals surface area contributed by atoms with Crippen LogP contribution in [0.3, 0.4) is 0 Å². The monoisotopic (exact) mass is 1300 g/mol. The highest BCUT2D eigenvalue weighted by atomic mass is 32.1. The molecule has 2 nitrogen and oxygen atoms in total. The van der Waals surface area contributed by atoms with Gasteiger partial charge in [-0.2, -0.15) is 0 Å². The second-order valence-corrected chi connectivity index (χ2v) is 28.4. The van der Waals surface area contributed by atoms with Crippen LogP contribution in [0.5, 0.6) is 0 Å². The molecule has 100 heavy (non-hydrogen) atoms. The van der Waals surface area contributed by atoms with E-state index in [1.165, 1.54) is 179 Å². The van der Waals surface area contributed by atoms with Gasteiger partial charge in [0.05, 0.1) is 22.1 Å². The summed E-state index contributed by atoms with van der Waals surface area (Å²) in [5.41, 5.74) is 28.5. The predicted molar refractivity (Wildman–Crippen MR) is 430 cm³/mol. The van der Waals surface area contributed by atoms with Crippen LogP contribution in [0.15, 0.2) is 364 Å². The Morgan fingerprint density at radius 2 is 0.460 bits per heavy atom. The predicted octanol–water partition coefficient (Wildman–Crippen LogP) is 27.6. The number of benzene rings is 16. The largest absolute Gasteiger partial charge is 0.309 e. The first kappa shape index (κ1) is 57.8. The van der Waals surface area contributed by atoms with Crippen molar-refractivity contribution in [3.8, 4) is 112 Å². The van der Waals surface area contributed by atoms with Gasteiger partial charge in [-0.25, -0.2) is 0 Å². The zero-order valence-electron chi connectivity index (χ0n) is 54.4. The van der Waals surface area contributed by atoms with E-state index in [0.717, 1.165) is 16.9 Å². The molecule has 4 heterocycles. The van der Waals surface area contributed by atoms with Gasteiger partial charge < -0.3 is 9.13 Å². The average molecular weight is 1310 g/mol. The van der Waals surface area contributed by atoms with Gasteiger partial charge in [0, 0.05) is 73.3 Å². The van der Waals surface area contributed by atoms with Crippen LogP contribution >= 0.6 is 22.7 Å². The van der Waals surface area contributed by atoms with Crippen molar-refractivity contribution >= 4 is 107 Å². The van der Waals surface area contributed by atoms with E-state index in [4.69, 9.17) is 0 Å². The molecular formula is C96H60N2S2. The van der Waals surface area contributed by atoms with E-state index in [-0.39, 0.29) is 0 Å². The van der Waals surface area contributed by atoms with E-state index in [2.05, 4.69) is 373 Å². The molecule has 0 N–H and O–H groups in total. The SMILES string of the molecule is c1ccc(-c2cccc(-c3cc(-c4cccc(-n5c6ccccc6c6cc(-c7ccc8c(c7)c7ccccc7n8-c7cccc(-c8cccc(-c9cccc(-c%10cccc(-c%11cccc%12c%11sc%11ccccc%11%12)c%10)c9)c8)c7)ccc65)c4)cc(-c4cccc5c4sc4ccccc45)c3)c2)cc1. The van der Waals surface area contributed by atoms with Crippen LogP contribution in [0.1, 0.15) is 0 Å². The Hall–Kier alpha value is -12.4. The van der Waals surface area contributed by atoms with Crippen LogP contribution in [0.25, 0.3) is 195 Å². The van der Waals surface area contributed by atoms with Gasteiger partial charge in [-0.15, -0.1) is 22.7 Å². The van der Waals surface area contributed by atoms with Gasteiger partial charge in [0.15, 0.2) is 0 Å². The minimum atomic E-state index is 1.12. The molecule has 0 atom stereocenters. The van der Waals surface area contributed by atoms with Crippen molar-refractivity contribution in [1.82, 2.24) is 9.13 Å². The second kappa shape index (κ2) is 23.7. The Morgan fingerprint density at radius 3 is 0.950 bits per heavy atom. The Bertz CT molecular complexity index is 6670. The van der Waals surface area contributed by atoms with Crippen LogP contribution in [0.2, 0.25) is 0 Å². The van der Waals surface area contributed by atoms with E-state index in [9.17, 15) is 0 Å². The van der Waals surface area contributed by atoms with E-state index >= 15 is 0 Å². The number of thiophene rings is 2. The van der Waals surface area contributed by atoms with Crippen molar-refractivity contribution in [2.45, 2.75) is 0 Å². The lowest BCUT2D eigenvalue weighted by Crippen LogP contribution is -1.95. The summed E-state index contributed by atoms with van der Waals surface area (Å²) in [5, 5.41) is 10.1. The van der Waals surface area contributed by atoms with Crippen molar-refractivity contribution in [2.75, 3.05) is 0 Å². The number of para-hydroxylation sites is 2. The van der Waals surface area contributed by atoms with Crippen LogP contribution in [0, 0.1) is 0 Å². The van der Waals surface area contributed by atoms with E-state index < -0.39 is 0 Å². The molecule has 20 aromatic rings. The molecule has 0 bridgehead atoms. The lowest BCUT2D eigenvalue weighted by atomic mass is 9.91. The first-order chi connectivity index (χ1) is 49.5. The molecule has 0 radical (unpaired) electrons. The smallest absolute Gasteiger partial charge is 0.0541 e. The standard InChI is InChI=1S/C96H60N2S2/c1-2-20-61(21-3-1)62-22-12-28-68(50-62)74-54-75(56-76(55-74)80-39-19-41-86-84-37-7-11-45-94(84)100-96(80)86)70-30-17-33-78(58-70)98-90-43-9-5-35-82(90)88-60-72(47-49-92(88)98)71-46-48-91-87(59-71)81-34-4-8-42-89(81)97(91)77-32-16-29-69(57-77)66-26-14-24-64(52-66)63-23-13-25-65(51-63)67-27-15-31-73(53-67)79-38-18-40-85-83-36-6-10-44-93(83)99-95(79)85/h1-60H. The average Bonchev–Trinajstić information content (AvgIpc) is 1.58. The van der Waals surface area contributed by atoms with Crippen LogP contribution < -0.4 is 0 Å². The molecule has 0 amide bonds. The van der Waals surface area contributed by atoms with Crippen LogP contribution in [-0.2, 0) is 0 Å². The minimum Gasteiger partial charge on any atom is -0.309 e. The molecule has 0 saturated heterocycles. The fourth-order valence-corrected chi connectivity index (χ4v) is 18.2.